The lowest BCUT2D eigenvalue weighted by atomic mass is 9.98. The zero-order chi connectivity index (χ0) is 32.3. The number of aryl methyl sites for hydroxylation is 1. The number of nitrogens with one attached hydrogen (secondary N) is 2. The van der Waals surface area contributed by atoms with Crippen molar-refractivity contribution >= 4 is 29.1 Å². The van der Waals surface area contributed by atoms with E-state index in [1.54, 1.807) is 26.6 Å². The Morgan fingerprint density at radius 2 is 1.48 bits per heavy atom. The third-order valence-corrected chi connectivity index (χ3v) is 9.29. The van der Waals surface area contributed by atoms with Crippen LogP contribution in [0.15, 0.2) is 48.8 Å². The summed E-state index contributed by atoms with van der Waals surface area (Å²) in [5.41, 5.74) is 4.77. The number of ether oxygens (including phenoxy) is 2. The standard InChI is InChI=1S/C34H36Cl2N6O4/c1-45-32-25(11-3-6-20-12-13-29(43)40-20)38-17-26(41-32)23-9-4-7-21(30(23)35)22-8-5-10-24(31(22)36)27-18-39-28(33(42-27)46-2)16-37-19-34(44)14-15-34/h4-5,7-10,17-18,20,37,44H,3,6,11-16,19H2,1-2H3,(H,40,43)/t20-/m1/s1. The van der Waals surface area contributed by atoms with E-state index < -0.39 is 5.60 Å². The van der Waals surface area contributed by atoms with Gasteiger partial charge in [0.2, 0.25) is 17.7 Å². The predicted octanol–water partition coefficient (Wildman–Crippen LogP) is 5.81. The number of aliphatic hydroxyl groups is 1. The predicted molar refractivity (Wildman–Crippen MR) is 177 cm³/mol. The fraction of sp³-hybridized carbons (Fsp3) is 0.382. The van der Waals surface area contributed by atoms with Crippen LogP contribution in [0.2, 0.25) is 10.0 Å². The van der Waals surface area contributed by atoms with Crippen molar-refractivity contribution in [2.45, 2.75) is 63.1 Å². The summed E-state index contributed by atoms with van der Waals surface area (Å²) < 4.78 is 11.1. The molecule has 1 amide bonds. The molecule has 3 N–H and O–H groups in total. The summed E-state index contributed by atoms with van der Waals surface area (Å²) in [7, 11) is 3.13. The van der Waals surface area contributed by atoms with Crippen LogP contribution in [-0.4, -0.2) is 63.4 Å². The van der Waals surface area contributed by atoms with Crippen molar-refractivity contribution in [2.24, 2.45) is 0 Å². The maximum absolute atomic E-state index is 11.5. The van der Waals surface area contributed by atoms with Gasteiger partial charge in [-0.05, 0) is 38.5 Å². The van der Waals surface area contributed by atoms with E-state index in [-0.39, 0.29) is 11.9 Å². The number of hydrogen-bond acceptors (Lipinski definition) is 9. The second kappa shape index (κ2) is 13.9. The van der Waals surface area contributed by atoms with Gasteiger partial charge in [0, 0.05) is 47.8 Å². The van der Waals surface area contributed by atoms with Crippen molar-refractivity contribution in [1.82, 2.24) is 30.6 Å². The van der Waals surface area contributed by atoms with E-state index in [2.05, 4.69) is 20.6 Å². The van der Waals surface area contributed by atoms with Crippen molar-refractivity contribution in [3.63, 3.8) is 0 Å². The SMILES string of the molecule is COc1nc(-c2cccc(-c3cccc(-c4cnc(CNCC5(O)CC5)c(OC)n4)c3Cl)c2Cl)cnc1CCC[C@@H]1CCC(=O)N1. The Balaban J connectivity index is 1.22. The van der Waals surface area contributed by atoms with Gasteiger partial charge >= 0.3 is 0 Å². The summed E-state index contributed by atoms with van der Waals surface area (Å²) >= 11 is 14.0. The minimum atomic E-state index is -0.605. The van der Waals surface area contributed by atoms with Gasteiger partial charge in [-0.3, -0.25) is 14.8 Å². The van der Waals surface area contributed by atoms with E-state index in [1.807, 2.05) is 36.4 Å². The zero-order valence-electron chi connectivity index (χ0n) is 25.8. The Morgan fingerprint density at radius 1 is 0.913 bits per heavy atom. The summed E-state index contributed by atoms with van der Waals surface area (Å²) in [5.74, 6) is 0.955. The van der Waals surface area contributed by atoms with E-state index >= 15 is 0 Å². The number of carbonyl (C=O) groups is 1. The van der Waals surface area contributed by atoms with Gasteiger partial charge in [-0.2, -0.15) is 0 Å². The summed E-state index contributed by atoms with van der Waals surface area (Å²) in [6.07, 6.45) is 8.90. The van der Waals surface area contributed by atoms with Crippen molar-refractivity contribution < 1.29 is 19.4 Å². The van der Waals surface area contributed by atoms with Crippen molar-refractivity contribution in [3.05, 3.63) is 70.2 Å². The summed E-state index contributed by atoms with van der Waals surface area (Å²) in [4.78, 5) is 30.2. The fourth-order valence-corrected chi connectivity index (χ4v) is 6.34. The van der Waals surface area contributed by atoms with Crippen LogP contribution < -0.4 is 20.1 Å². The first-order valence-electron chi connectivity index (χ1n) is 15.4. The van der Waals surface area contributed by atoms with Crippen molar-refractivity contribution in [3.8, 4) is 45.4 Å². The van der Waals surface area contributed by atoms with Gasteiger partial charge in [0.25, 0.3) is 0 Å². The smallest absolute Gasteiger partial charge is 0.237 e. The number of methoxy groups -OCH3 is 2. The molecule has 10 nitrogen and oxygen atoms in total. The molecule has 2 aromatic carbocycles. The minimum absolute atomic E-state index is 0.122. The van der Waals surface area contributed by atoms with Crippen molar-refractivity contribution in [1.29, 1.82) is 0 Å². The topological polar surface area (TPSA) is 131 Å². The number of rotatable bonds is 13. The molecule has 6 rings (SSSR count). The Labute approximate surface area is 277 Å². The summed E-state index contributed by atoms with van der Waals surface area (Å²) in [6.45, 7) is 0.919. The molecule has 240 valence electrons. The average molecular weight is 664 g/mol. The second-order valence-electron chi connectivity index (χ2n) is 11.8. The molecular weight excluding hydrogens is 627 g/mol. The lowest BCUT2D eigenvalue weighted by Gasteiger charge is -2.15. The first kappa shape index (κ1) is 32.1. The molecule has 0 unspecified atom stereocenters. The average Bonchev–Trinajstić information content (AvgIpc) is 3.66. The normalized spacial score (nSPS) is 16.7. The highest BCUT2D eigenvalue weighted by atomic mass is 35.5. The fourth-order valence-electron chi connectivity index (χ4n) is 5.69. The molecular formula is C34H36Cl2N6O4. The first-order chi connectivity index (χ1) is 22.3. The Kier molecular flexibility index (Phi) is 9.70. The molecule has 0 bridgehead atoms. The summed E-state index contributed by atoms with van der Waals surface area (Å²) in [6, 6.07) is 11.6. The Morgan fingerprint density at radius 3 is 2.02 bits per heavy atom. The van der Waals surface area contributed by atoms with Crippen molar-refractivity contribution in [2.75, 3.05) is 20.8 Å². The second-order valence-corrected chi connectivity index (χ2v) is 12.5. The van der Waals surface area contributed by atoms with Crippen LogP contribution in [-0.2, 0) is 17.8 Å². The minimum Gasteiger partial charge on any atom is -0.480 e. The van der Waals surface area contributed by atoms with Crippen LogP contribution in [0.4, 0.5) is 0 Å². The molecule has 1 saturated carbocycles. The molecule has 0 spiro atoms. The van der Waals surface area contributed by atoms with Gasteiger partial charge in [0.15, 0.2) is 0 Å². The molecule has 1 atom stereocenters. The molecule has 46 heavy (non-hydrogen) atoms. The highest BCUT2D eigenvalue weighted by Gasteiger charge is 2.39. The number of hydrogen-bond donors (Lipinski definition) is 3. The number of aromatic nitrogens is 4. The zero-order valence-corrected chi connectivity index (χ0v) is 27.3. The summed E-state index contributed by atoms with van der Waals surface area (Å²) in [5, 5.41) is 17.3. The van der Waals surface area contributed by atoms with E-state index in [0.717, 1.165) is 48.9 Å². The van der Waals surface area contributed by atoms with Gasteiger partial charge in [-0.1, -0.05) is 59.6 Å². The number of amides is 1. The molecule has 1 aliphatic carbocycles. The van der Waals surface area contributed by atoms with Gasteiger partial charge in [-0.15, -0.1) is 0 Å². The van der Waals surface area contributed by atoms with Crippen LogP contribution in [0.1, 0.15) is 49.9 Å². The van der Waals surface area contributed by atoms with Gasteiger partial charge in [0.1, 0.15) is 11.4 Å². The number of nitrogens with zero attached hydrogens (tertiary/aromatic N) is 4. The van der Waals surface area contributed by atoms with Gasteiger partial charge in [0.05, 0.1) is 53.6 Å². The molecule has 2 fully saturated rings. The largest absolute Gasteiger partial charge is 0.480 e. The van der Waals surface area contributed by atoms with Crippen LogP contribution in [0.25, 0.3) is 33.6 Å². The van der Waals surface area contributed by atoms with Crippen LogP contribution in [0.5, 0.6) is 11.8 Å². The van der Waals surface area contributed by atoms with Gasteiger partial charge < -0.3 is 25.2 Å². The molecule has 0 radical (unpaired) electrons. The lowest BCUT2D eigenvalue weighted by molar-refractivity contribution is -0.119. The number of carbonyl (C=O) groups excluding carboxylic acids is 1. The maximum Gasteiger partial charge on any atom is 0.237 e. The Bertz CT molecular complexity index is 1750. The molecule has 12 heteroatoms. The van der Waals surface area contributed by atoms with Crippen LogP contribution in [0.3, 0.4) is 0 Å². The first-order valence-corrected chi connectivity index (χ1v) is 16.1. The van der Waals surface area contributed by atoms with Gasteiger partial charge in [-0.25, -0.2) is 9.97 Å². The van der Waals surface area contributed by atoms with Crippen LogP contribution >= 0.6 is 23.2 Å². The molecule has 1 aliphatic heterocycles. The molecule has 4 aromatic rings. The van der Waals surface area contributed by atoms with E-state index in [1.165, 1.54) is 0 Å². The maximum atomic E-state index is 11.5. The van der Waals surface area contributed by atoms with E-state index in [9.17, 15) is 9.90 Å². The molecule has 2 aliphatic rings. The third kappa shape index (κ3) is 7.10. The number of halogens is 2. The van der Waals surface area contributed by atoms with E-state index in [4.69, 9.17) is 42.6 Å². The monoisotopic (exact) mass is 662 g/mol. The molecule has 1 saturated heterocycles. The highest BCUT2D eigenvalue weighted by Crippen LogP contribution is 2.42. The van der Waals surface area contributed by atoms with E-state index in [0.29, 0.717) is 75.9 Å². The highest BCUT2D eigenvalue weighted by molar-refractivity contribution is 6.39. The van der Waals surface area contributed by atoms with Crippen LogP contribution in [0, 0.1) is 0 Å². The Hall–Kier alpha value is -3.83. The molecule has 2 aromatic heterocycles. The number of benzene rings is 2. The lowest BCUT2D eigenvalue weighted by Crippen LogP contribution is -2.28. The third-order valence-electron chi connectivity index (χ3n) is 8.47. The quantitative estimate of drug-likeness (QED) is 0.162. The molecule has 3 heterocycles.